The zero-order valence-electron chi connectivity index (χ0n) is 17.2. The molecule has 3 aromatic heterocycles. The fourth-order valence-electron chi connectivity index (χ4n) is 3.10. The number of pyridine rings is 1. The minimum absolute atomic E-state index is 0.160. The molecule has 30 heavy (non-hydrogen) atoms. The standard InChI is InChI=1S/C21H22N6O3/c1-12(2)18-23-21(30-26-18)16-6-5-9-27-17(24-25-19(16)27)11-22-20(28)15-8-7-14(29-4)10-13(15)3/h5-10,12H,11H2,1-4H3,(H,22,28). The lowest BCUT2D eigenvalue weighted by Crippen LogP contribution is -2.24. The van der Waals surface area contributed by atoms with Crippen LogP contribution in [0.1, 0.15) is 47.3 Å². The van der Waals surface area contributed by atoms with Crippen LogP contribution in [0, 0.1) is 6.92 Å². The summed E-state index contributed by atoms with van der Waals surface area (Å²) in [5.74, 6) is 2.29. The number of benzene rings is 1. The first-order chi connectivity index (χ1) is 14.5. The Labute approximate surface area is 173 Å². The molecule has 0 bridgehead atoms. The Kier molecular flexibility index (Phi) is 5.18. The normalized spacial score (nSPS) is 11.2. The van der Waals surface area contributed by atoms with Crippen LogP contribution in [0.15, 0.2) is 41.1 Å². The van der Waals surface area contributed by atoms with E-state index in [0.717, 1.165) is 5.56 Å². The molecule has 0 saturated heterocycles. The fourth-order valence-corrected chi connectivity index (χ4v) is 3.10. The molecule has 0 spiro atoms. The quantitative estimate of drug-likeness (QED) is 0.524. The highest BCUT2D eigenvalue weighted by Gasteiger charge is 2.18. The van der Waals surface area contributed by atoms with Gasteiger partial charge in [-0.2, -0.15) is 4.98 Å². The zero-order chi connectivity index (χ0) is 21.3. The fraction of sp³-hybridized carbons (Fsp3) is 0.286. The number of aryl methyl sites for hydroxylation is 1. The Morgan fingerprint density at radius 3 is 2.80 bits per heavy atom. The molecule has 154 valence electrons. The molecule has 0 aliphatic carbocycles. The Morgan fingerprint density at radius 2 is 2.10 bits per heavy atom. The molecular weight excluding hydrogens is 384 g/mol. The highest BCUT2D eigenvalue weighted by atomic mass is 16.5. The number of amides is 1. The van der Waals surface area contributed by atoms with Crippen molar-refractivity contribution in [1.82, 2.24) is 30.1 Å². The monoisotopic (exact) mass is 406 g/mol. The third kappa shape index (κ3) is 3.61. The number of nitrogens with zero attached hydrogens (tertiary/aromatic N) is 5. The van der Waals surface area contributed by atoms with E-state index in [9.17, 15) is 4.79 Å². The molecule has 0 fully saturated rings. The molecule has 3 heterocycles. The first-order valence-electron chi connectivity index (χ1n) is 9.57. The average molecular weight is 406 g/mol. The summed E-state index contributed by atoms with van der Waals surface area (Å²) in [5, 5.41) is 15.4. The van der Waals surface area contributed by atoms with E-state index in [1.165, 1.54) is 0 Å². The lowest BCUT2D eigenvalue weighted by atomic mass is 10.1. The topological polar surface area (TPSA) is 107 Å². The third-order valence-corrected chi connectivity index (χ3v) is 4.78. The number of aromatic nitrogens is 5. The molecule has 0 aliphatic rings. The summed E-state index contributed by atoms with van der Waals surface area (Å²) < 4.78 is 12.4. The number of ether oxygens (including phenoxy) is 1. The van der Waals surface area contributed by atoms with Crippen LogP contribution in [0.2, 0.25) is 0 Å². The number of carbonyl (C=O) groups excluding carboxylic acids is 1. The van der Waals surface area contributed by atoms with Crippen LogP contribution in [-0.4, -0.2) is 37.8 Å². The van der Waals surface area contributed by atoms with Gasteiger partial charge >= 0.3 is 0 Å². The molecule has 0 aliphatic heterocycles. The van der Waals surface area contributed by atoms with Crippen LogP contribution >= 0.6 is 0 Å². The molecule has 1 N–H and O–H groups in total. The van der Waals surface area contributed by atoms with Gasteiger partial charge in [0, 0.05) is 17.7 Å². The van der Waals surface area contributed by atoms with Gasteiger partial charge in [-0.25, -0.2) is 0 Å². The Morgan fingerprint density at radius 1 is 1.27 bits per heavy atom. The van der Waals surface area contributed by atoms with Crippen molar-refractivity contribution >= 4 is 11.6 Å². The van der Waals surface area contributed by atoms with Gasteiger partial charge < -0.3 is 14.6 Å². The van der Waals surface area contributed by atoms with Crippen molar-refractivity contribution in [3.05, 3.63) is 59.3 Å². The van der Waals surface area contributed by atoms with Crippen molar-refractivity contribution in [2.24, 2.45) is 0 Å². The predicted octanol–water partition coefficient (Wildman–Crippen LogP) is 3.15. The third-order valence-electron chi connectivity index (χ3n) is 4.78. The molecule has 0 radical (unpaired) electrons. The molecule has 9 nitrogen and oxygen atoms in total. The van der Waals surface area contributed by atoms with Crippen molar-refractivity contribution < 1.29 is 14.1 Å². The molecule has 1 amide bonds. The number of fused-ring (bicyclic) bond motifs is 1. The molecule has 0 unspecified atom stereocenters. The maximum Gasteiger partial charge on any atom is 0.261 e. The van der Waals surface area contributed by atoms with Gasteiger partial charge in [-0.15, -0.1) is 10.2 Å². The number of hydrogen-bond acceptors (Lipinski definition) is 7. The van der Waals surface area contributed by atoms with Crippen LogP contribution in [0.5, 0.6) is 5.75 Å². The Hall–Kier alpha value is -3.75. The summed E-state index contributed by atoms with van der Waals surface area (Å²) >= 11 is 0. The summed E-state index contributed by atoms with van der Waals surface area (Å²) in [6, 6.07) is 9.03. The van der Waals surface area contributed by atoms with Crippen LogP contribution in [0.25, 0.3) is 17.1 Å². The molecule has 9 heteroatoms. The van der Waals surface area contributed by atoms with Crippen molar-refractivity contribution in [2.45, 2.75) is 33.2 Å². The van der Waals surface area contributed by atoms with Crippen molar-refractivity contribution in [3.8, 4) is 17.2 Å². The average Bonchev–Trinajstić information content (AvgIpc) is 3.39. The first kappa shape index (κ1) is 19.6. The molecule has 0 saturated carbocycles. The molecule has 1 aromatic carbocycles. The van der Waals surface area contributed by atoms with Gasteiger partial charge in [-0.1, -0.05) is 19.0 Å². The maximum absolute atomic E-state index is 12.6. The van der Waals surface area contributed by atoms with E-state index in [-0.39, 0.29) is 18.4 Å². The minimum Gasteiger partial charge on any atom is -0.497 e. The van der Waals surface area contributed by atoms with E-state index in [2.05, 4.69) is 25.7 Å². The van der Waals surface area contributed by atoms with Gasteiger partial charge in [0.1, 0.15) is 5.75 Å². The van der Waals surface area contributed by atoms with Gasteiger partial charge in [0.05, 0.1) is 19.2 Å². The first-order valence-corrected chi connectivity index (χ1v) is 9.57. The van der Waals surface area contributed by atoms with E-state index in [0.29, 0.717) is 40.1 Å². The van der Waals surface area contributed by atoms with E-state index < -0.39 is 0 Å². The maximum atomic E-state index is 12.6. The second kappa shape index (κ2) is 7.94. The van der Waals surface area contributed by atoms with Crippen LogP contribution in [0.4, 0.5) is 0 Å². The summed E-state index contributed by atoms with van der Waals surface area (Å²) in [5.41, 5.74) is 2.68. The van der Waals surface area contributed by atoms with Gasteiger partial charge in [0.15, 0.2) is 17.3 Å². The summed E-state index contributed by atoms with van der Waals surface area (Å²) in [6.45, 7) is 6.08. The predicted molar refractivity (Wildman–Crippen MR) is 109 cm³/mol. The molecular formula is C21H22N6O3. The van der Waals surface area contributed by atoms with Gasteiger partial charge in [-0.05, 0) is 42.8 Å². The smallest absolute Gasteiger partial charge is 0.261 e. The number of rotatable bonds is 6. The second-order valence-electron chi connectivity index (χ2n) is 7.21. The van der Waals surface area contributed by atoms with Crippen molar-refractivity contribution in [3.63, 3.8) is 0 Å². The largest absolute Gasteiger partial charge is 0.497 e. The summed E-state index contributed by atoms with van der Waals surface area (Å²) in [7, 11) is 1.59. The lowest BCUT2D eigenvalue weighted by Gasteiger charge is -2.08. The van der Waals surface area contributed by atoms with Crippen molar-refractivity contribution in [1.29, 1.82) is 0 Å². The number of hydrogen-bond donors (Lipinski definition) is 1. The number of carbonyl (C=O) groups is 1. The summed E-state index contributed by atoms with van der Waals surface area (Å²) in [4.78, 5) is 17.0. The van der Waals surface area contributed by atoms with E-state index in [4.69, 9.17) is 9.26 Å². The van der Waals surface area contributed by atoms with E-state index >= 15 is 0 Å². The van der Waals surface area contributed by atoms with Gasteiger partial charge in [0.25, 0.3) is 11.8 Å². The Bertz CT molecular complexity index is 1210. The lowest BCUT2D eigenvalue weighted by molar-refractivity contribution is 0.0949. The van der Waals surface area contributed by atoms with Crippen LogP contribution < -0.4 is 10.1 Å². The van der Waals surface area contributed by atoms with Gasteiger partial charge in [0.2, 0.25) is 0 Å². The van der Waals surface area contributed by atoms with Crippen molar-refractivity contribution in [2.75, 3.05) is 7.11 Å². The number of methoxy groups -OCH3 is 1. The summed E-state index contributed by atoms with van der Waals surface area (Å²) in [6.07, 6.45) is 1.83. The molecule has 4 rings (SSSR count). The highest BCUT2D eigenvalue weighted by Crippen LogP contribution is 2.24. The van der Waals surface area contributed by atoms with Crippen LogP contribution in [-0.2, 0) is 6.54 Å². The number of nitrogens with one attached hydrogen (secondary N) is 1. The van der Waals surface area contributed by atoms with E-state index in [1.807, 2.05) is 45.2 Å². The SMILES string of the molecule is COc1ccc(C(=O)NCc2nnc3c(-c4nc(C(C)C)no4)cccn23)c(C)c1. The molecule has 0 atom stereocenters. The highest BCUT2D eigenvalue weighted by molar-refractivity contribution is 5.95. The Balaban J connectivity index is 1.56. The van der Waals surface area contributed by atoms with Gasteiger partial charge in [-0.3, -0.25) is 9.20 Å². The molecule has 4 aromatic rings. The van der Waals surface area contributed by atoms with Crippen LogP contribution in [0.3, 0.4) is 0 Å². The minimum atomic E-state index is -0.193. The second-order valence-corrected chi connectivity index (χ2v) is 7.21. The zero-order valence-corrected chi connectivity index (χ0v) is 17.2. The van der Waals surface area contributed by atoms with E-state index in [1.54, 1.807) is 23.6 Å².